The first kappa shape index (κ1) is 41.3. The van der Waals surface area contributed by atoms with Gasteiger partial charge in [0.1, 0.15) is 11.2 Å². The number of rotatable bonds is 7. The molecular formula is C71H45NO. The van der Waals surface area contributed by atoms with E-state index in [4.69, 9.17) is 4.42 Å². The minimum Gasteiger partial charge on any atom is -0.455 e. The summed E-state index contributed by atoms with van der Waals surface area (Å²) < 4.78 is 6.94. The van der Waals surface area contributed by atoms with Gasteiger partial charge in [-0.25, -0.2) is 0 Å². The van der Waals surface area contributed by atoms with E-state index in [1.54, 1.807) is 0 Å². The van der Waals surface area contributed by atoms with E-state index in [1.807, 2.05) is 0 Å². The van der Waals surface area contributed by atoms with Crippen molar-refractivity contribution in [3.63, 3.8) is 0 Å². The zero-order chi connectivity index (χ0) is 48.0. The van der Waals surface area contributed by atoms with Crippen molar-refractivity contribution in [3.8, 4) is 66.8 Å². The number of anilines is 3. The van der Waals surface area contributed by atoms with Crippen LogP contribution >= 0.6 is 0 Å². The van der Waals surface area contributed by atoms with Gasteiger partial charge in [0, 0.05) is 33.3 Å². The molecule has 0 saturated carbocycles. The van der Waals surface area contributed by atoms with Gasteiger partial charge in [-0.2, -0.15) is 0 Å². The van der Waals surface area contributed by atoms with Crippen LogP contribution in [0.1, 0.15) is 22.3 Å². The molecule has 0 unspecified atom stereocenters. The maximum atomic E-state index is 6.94. The molecule has 1 spiro atoms. The highest BCUT2D eigenvalue weighted by atomic mass is 16.3. The normalized spacial score (nSPS) is 12.8. The molecule has 340 valence electrons. The average molecular weight is 928 g/mol. The van der Waals surface area contributed by atoms with Crippen LogP contribution in [0, 0.1) is 0 Å². The molecule has 0 radical (unpaired) electrons. The number of benzene rings is 12. The first-order valence-electron chi connectivity index (χ1n) is 25.2. The second-order valence-electron chi connectivity index (χ2n) is 19.5. The largest absolute Gasteiger partial charge is 0.455 e. The van der Waals surface area contributed by atoms with Gasteiger partial charge in [-0.1, -0.05) is 224 Å². The minimum absolute atomic E-state index is 0.490. The summed E-state index contributed by atoms with van der Waals surface area (Å²) >= 11 is 0. The van der Waals surface area contributed by atoms with E-state index in [9.17, 15) is 0 Å². The zero-order valence-electron chi connectivity index (χ0n) is 39.8. The van der Waals surface area contributed by atoms with Crippen LogP contribution in [0.2, 0.25) is 0 Å². The molecule has 0 bridgehead atoms. The summed E-state index contributed by atoms with van der Waals surface area (Å²) in [6.07, 6.45) is 0. The first-order chi connectivity index (χ1) is 36.2. The number of hydrogen-bond acceptors (Lipinski definition) is 2. The monoisotopic (exact) mass is 927 g/mol. The molecule has 0 saturated heterocycles. The van der Waals surface area contributed by atoms with E-state index in [2.05, 4.69) is 278 Å². The van der Waals surface area contributed by atoms with Crippen LogP contribution < -0.4 is 4.90 Å². The lowest BCUT2D eigenvalue weighted by molar-refractivity contribution is 0.670. The molecule has 0 amide bonds. The second kappa shape index (κ2) is 16.3. The minimum atomic E-state index is -0.490. The van der Waals surface area contributed by atoms with Crippen molar-refractivity contribution < 1.29 is 4.42 Å². The van der Waals surface area contributed by atoms with Gasteiger partial charge < -0.3 is 9.32 Å². The highest BCUT2D eigenvalue weighted by Gasteiger charge is 2.51. The summed E-state index contributed by atoms with van der Waals surface area (Å²) in [6.45, 7) is 0. The molecule has 2 heteroatoms. The third-order valence-corrected chi connectivity index (χ3v) is 15.7. The lowest BCUT2D eigenvalue weighted by Crippen LogP contribution is -2.26. The number of furan rings is 1. The molecule has 0 fully saturated rings. The van der Waals surface area contributed by atoms with E-state index in [-0.39, 0.29) is 0 Å². The SMILES string of the molecule is c1ccc(-c2ccc(-c3ccc(N(c4ccc5c(c4)C4(c6ccccc6-c6ccccc64)c4ccccc4-5)c4ccccc4-c4cccc5c4oc4cc6ccccc6cc45)cc3)cc2-c2ccccc2)cc1. The molecule has 0 atom stereocenters. The van der Waals surface area contributed by atoms with Crippen LogP contribution in [0.5, 0.6) is 0 Å². The van der Waals surface area contributed by atoms with Gasteiger partial charge in [0.15, 0.2) is 0 Å². The Balaban J connectivity index is 0.941. The van der Waals surface area contributed by atoms with E-state index < -0.39 is 5.41 Å². The average Bonchev–Trinajstić information content (AvgIpc) is 4.09. The lowest BCUT2D eigenvalue weighted by atomic mass is 9.70. The van der Waals surface area contributed by atoms with Crippen LogP contribution in [0.3, 0.4) is 0 Å². The summed E-state index contributed by atoms with van der Waals surface area (Å²) in [4.78, 5) is 2.46. The van der Waals surface area contributed by atoms with Gasteiger partial charge in [-0.3, -0.25) is 0 Å². The number of para-hydroxylation sites is 2. The van der Waals surface area contributed by atoms with Gasteiger partial charge in [-0.05, 0) is 137 Å². The van der Waals surface area contributed by atoms with Gasteiger partial charge in [0.2, 0.25) is 0 Å². The van der Waals surface area contributed by atoms with Crippen molar-refractivity contribution in [2.24, 2.45) is 0 Å². The van der Waals surface area contributed by atoms with Crippen molar-refractivity contribution in [2.75, 3.05) is 4.90 Å². The van der Waals surface area contributed by atoms with Crippen LogP contribution in [0.25, 0.3) is 99.5 Å². The maximum Gasteiger partial charge on any atom is 0.143 e. The highest BCUT2D eigenvalue weighted by Crippen LogP contribution is 2.63. The number of nitrogens with zero attached hydrogens (tertiary/aromatic N) is 1. The fraction of sp³-hybridized carbons (Fsp3) is 0.0141. The summed E-state index contributed by atoms with van der Waals surface area (Å²) in [7, 11) is 0. The Kier molecular flexibility index (Phi) is 9.21. The van der Waals surface area contributed by atoms with Gasteiger partial charge in [-0.15, -0.1) is 0 Å². The number of hydrogen-bond donors (Lipinski definition) is 0. The molecular weight excluding hydrogens is 883 g/mol. The lowest BCUT2D eigenvalue weighted by Gasteiger charge is -2.32. The topological polar surface area (TPSA) is 16.4 Å². The molecule has 2 nitrogen and oxygen atoms in total. The van der Waals surface area contributed by atoms with Crippen molar-refractivity contribution in [3.05, 3.63) is 295 Å². The van der Waals surface area contributed by atoms with Gasteiger partial charge >= 0.3 is 0 Å². The Bertz CT molecular complexity index is 4250. The third-order valence-electron chi connectivity index (χ3n) is 15.7. The molecule has 15 rings (SSSR count). The Morgan fingerprint density at radius 2 is 0.781 bits per heavy atom. The smallest absolute Gasteiger partial charge is 0.143 e. The van der Waals surface area contributed by atoms with Crippen molar-refractivity contribution in [1.82, 2.24) is 0 Å². The van der Waals surface area contributed by atoms with E-state index >= 15 is 0 Å². The molecule has 73 heavy (non-hydrogen) atoms. The Morgan fingerprint density at radius 1 is 0.274 bits per heavy atom. The summed E-state index contributed by atoms with van der Waals surface area (Å²) in [5.74, 6) is 0. The Morgan fingerprint density at radius 3 is 1.45 bits per heavy atom. The molecule has 2 aliphatic rings. The van der Waals surface area contributed by atoms with E-state index in [0.717, 1.165) is 66.6 Å². The van der Waals surface area contributed by atoms with Crippen LogP contribution in [0.4, 0.5) is 17.1 Å². The standard InChI is InChI=1S/C71H45NO/c1-3-18-47(19-4-1)54-40-36-51(42-62(54)48-20-5-2-6-21-48)46-34-37-52(38-35-46)72(68-33-16-12-27-59(68)60-28-17-29-61-63-43-49-22-7-8-23-50(49)44-69(63)73-70(60)61)53-39-41-58-57-26-11-15-32-66(57)71(67(58)45-53)64-30-13-9-24-55(64)56-25-10-14-31-65(56)71/h1-45H. The van der Waals surface area contributed by atoms with Crippen LogP contribution in [-0.4, -0.2) is 0 Å². The molecule has 1 aromatic heterocycles. The van der Waals surface area contributed by atoms with E-state index in [0.29, 0.717) is 0 Å². The van der Waals surface area contributed by atoms with Crippen molar-refractivity contribution >= 4 is 49.8 Å². The molecule has 0 N–H and O–H groups in total. The molecule has 12 aromatic carbocycles. The molecule has 0 aliphatic heterocycles. The molecule has 13 aromatic rings. The quantitative estimate of drug-likeness (QED) is 0.158. The fourth-order valence-electron chi connectivity index (χ4n) is 12.5. The molecule has 1 heterocycles. The second-order valence-corrected chi connectivity index (χ2v) is 19.5. The van der Waals surface area contributed by atoms with Gasteiger partial charge in [0.25, 0.3) is 0 Å². The van der Waals surface area contributed by atoms with Crippen molar-refractivity contribution in [1.29, 1.82) is 0 Å². The summed E-state index contributed by atoms with van der Waals surface area (Å²) in [6, 6.07) is 100. The Hall–Kier alpha value is -9.50. The first-order valence-corrected chi connectivity index (χ1v) is 25.2. The fourth-order valence-corrected chi connectivity index (χ4v) is 12.5. The highest BCUT2D eigenvalue weighted by molar-refractivity contribution is 6.14. The molecule has 2 aliphatic carbocycles. The van der Waals surface area contributed by atoms with Crippen molar-refractivity contribution in [2.45, 2.75) is 5.41 Å². The maximum absolute atomic E-state index is 6.94. The summed E-state index contributed by atoms with van der Waals surface area (Å²) in [5, 5.41) is 4.59. The van der Waals surface area contributed by atoms with Crippen LogP contribution in [0.15, 0.2) is 277 Å². The van der Waals surface area contributed by atoms with E-state index in [1.165, 1.54) is 72.1 Å². The number of fused-ring (bicyclic) bond motifs is 14. The predicted molar refractivity (Wildman–Crippen MR) is 304 cm³/mol. The Labute approximate surface area is 424 Å². The zero-order valence-corrected chi connectivity index (χ0v) is 39.8. The summed E-state index contributed by atoms with van der Waals surface area (Å²) in [5.41, 5.74) is 24.1. The predicted octanol–water partition coefficient (Wildman–Crippen LogP) is 19.2. The van der Waals surface area contributed by atoms with Gasteiger partial charge in [0.05, 0.1) is 11.1 Å². The van der Waals surface area contributed by atoms with Crippen LogP contribution in [-0.2, 0) is 5.41 Å². The third kappa shape index (κ3) is 6.24.